The van der Waals surface area contributed by atoms with Gasteiger partial charge in [0.1, 0.15) is 5.78 Å². The molecule has 4 rings (SSSR count). The van der Waals surface area contributed by atoms with Gasteiger partial charge >= 0.3 is 5.97 Å². The van der Waals surface area contributed by atoms with Crippen molar-refractivity contribution in [3.8, 4) is 0 Å². The second-order valence-corrected chi connectivity index (χ2v) is 9.84. The Morgan fingerprint density at radius 1 is 1.07 bits per heavy atom. The Morgan fingerprint density at radius 3 is 2.43 bits per heavy atom. The number of ketones is 3. The largest absolute Gasteiger partial charge is 0.454 e. The van der Waals surface area contributed by atoms with Crippen LogP contribution in [0.2, 0.25) is 0 Å². The Labute approximate surface area is 166 Å². The number of hydrogen-bond acceptors (Lipinski definition) is 5. The summed E-state index contributed by atoms with van der Waals surface area (Å²) in [7, 11) is 0. The number of carbonyl (C=O) groups is 4. The van der Waals surface area contributed by atoms with Crippen molar-refractivity contribution in [1.29, 1.82) is 0 Å². The number of Topliss-reactive ketones (excluding diaryl/α,β-unsaturated/α-hetero) is 2. The predicted octanol–water partition coefficient (Wildman–Crippen LogP) is 3.44. The zero-order valence-corrected chi connectivity index (χ0v) is 17.2. The zero-order chi connectivity index (χ0) is 20.4. The van der Waals surface area contributed by atoms with Gasteiger partial charge in [-0.25, -0.2) is 0 Å². The first-order valence-electron chi connectivity index (χ1n) is 10.6. The van der Waals surface area contributed by atoms with Crippen molar-refractivity contribution in [3.05, 3.63) is 11.6 Å². The van der Waals surface area contributed by atoms with E-state index in [0.29, 0.717) is 12.8 Å². The fourth-order valence-electron chi connectivity index (χ4n) is 7.35. The Bertz CT molecular complexity index is 795. The quantitative estimate of drug-likeness (QED) is 0.680. The van der Waals surface area contributed by atoms with Gasteiger partial charge in [0, 0.05) is 30.6 Å². The molecule has 28 heavy (non-hydrogen) atoms. The maximum Gasteiger partial charge on any atom is 0.303 e. The molecule has 0 aromatic heterocycles. The zero-order valence-electron chi connectivity index (χ0n) is 17.2. The molecular formula is C23H30O5. The minimum Gasteiger partial charge on any atom is -0.454 e. The van der Waals surface area contributed by atoms with Crippen molar-refractivity contribution in [2.75, 3.05) is 0 Å². The predicted molar refractivity (Wildman–Crippen MR) is 102 cm³/mol. The molecule has 0 spiro atoms. The Kier molecular flexibility index (Phi) is 4.44. The summed E-state index contributed by atoms with van der Waals surface area (Å²) in [6, 6.07) is 0. The van der Waals surface area contributed by atoms with Gasteiger partial charge in [-0.15, -0.1) is 0 Å². The number of allylic oxidation sites excluding steroid dienone is 1. The Hall–Kier alpha value is -1.78. The fraction of sp³-hybridized carbons (Fsp3) is 0.739. The third kappa shape index (κ3) is 2.50. The van der Waals surface area contributed by atoms with Crippen LogP contribution in [0, 0.1) is 34.5 Å². The van der Waals surface area contributed by atoms with Crippen molar-refractivity contribution >= 4 is 23.3 Å². The summed E-state index contributed by atoms with van der Waals surface area (Å²) >= 11 is 0. The van der Waals surface area contributed by atoms with Crippen molar-refractivity contribution in [3.63, 3.8) is 0 Å². The van der Waals surface area contributed by atoms with Crippen LogP contribution in [-0.2, 0) is 23.9 Å². The van der Waals surface area contributed by atoms with Crippen molar-refractivity contribution in [1.82, 2.24) is 0 Å². The molecule has 0 heterocycles. The van der Waals surface area contributed by atoms with Crippen LogP contribution in [0.4, 0.5) is 0 Å². The lowest BCUT2D eigenvalue weighted by Gasteiger charge is -2.58. The van der Waals surface area contributed by atoms with Crippen LogP contribution in [0.3, 0.4) is 0 Å². The van der Waals surface area contributed by atoms with Crippen LogP contribution in [-0.4, -0.2) is 29.4 Å². The normalized spacial score (nSPS) is 44.9. The van der Waals surface area contributed by atoms with E-state index in [2.05, 4.69) is 6.92 Å². The topological polar surface area (TPSA) is 77.5 Å². The minimum atomic E-state index is -0.874. The van der Waals surface area contributed by atoms with E-state index in [1.165, 1.54) is 6.92 Å². The molecule has 152 valence electrons. The highest BCUT2D eigenvalue weighted by Crippen LogP contribution is 2.66. The van der Waals surface area contributed by atoms with E-state index in [1.807, 2.05) is 6.92 Å². The average molecular weight is 386 g/mol. The number of esters is 1. The lowest BCUT2D eigenvalue weighted by Crippen LogP contribution is -2.63. The molecule has 0 amide bonds. The Balaban J connectivity index is 1.83. The lowest BCUT2D eigenvalue weighted by molar-refractivity contribution is -0.186. The average Bonchev–Trinajstić information content (AvgIpc) is 2.97. The summed E-state index contributed by atoms with van der Waals surface area (Å²) in [4.78, 5) is 50.2. The van der Waals surface area contributed by atoms with Gasteiger partial charge in [0.2, 0.25) is 0 Å². The molecule has 0 aliphatic heterocycles. The molecule has 0 N–H and O–H groups in total. The van der Waals surface area contributed by atoms with Gasteiger partial charge in [0.05, 0.1) is 0 Å². The lowest BCUT2D eigenvalue weighted by atomic mass is 9.45. The molecule has 5 heteroatoms. The van der Waals surface area contributed by atoms with E-state index in [0.717, 1.165) is 31.3 Å². The van der Waals surface area contributed by atoms with E-state index >= 15 is 0 Å². The van der Waals surface area contributed by atoms with Gasteiger partial charge in [-0.3, -0.25) is 19.2 Å². The standard InChI is InChI=1S/C23H30O5/c1-12(24)17-7-8-18-16-6-5-14-11-15(26)9-10-22(14,3)19(16)20(27)21(23(17,18)4)28-13(2)25/h11,16-19,21H,5-10H2,1-4H3. The minimum absolute atomic E-state index is 0.0328. The molecule has 0 aromatic rings. The molecule has 7 unspecified atom stereocenters. The summed E-state index contributed by atoms with van der Waals surface area (Å²) in [5.41, 5.74) is 0.115. The number of carbonyl (C=O) groups excluding carboxylic acids is 4. The van der Waals surface area contributed by atoms with Gasteiger partial charge in [0.25, 0.3) is 0 Å². The molecule has 0 radical (unpaired) electrons. The van der Waals surface area contributed by atoms with E-state index in [9.17, 15) is 19.2 Å². The first-order chi connectivity index (χ1) is 13.1. The number of fused-ring (bicyclic) bond motifs is 5. The maximum atomic E-state index is 13.9. The summed E-state index contributed by atoms with van der Waals surface area (Å²) in [5, 5.41) is 0. The molecule has 4 aliphatic rings. The highest BCUT2D eigenvalue weighted by molar-refractivity contribution is 5.95. The maximum absolute atomic E-state index is 13.9. The first kappa shape index (κ1) is 19.5. The molecule has 7 atom stereocenters. The highest BCUT2D eigenvalue weighted by atomic mass is 16.5. The van der Waals surface area contributed by atoms with Crippen molar-refractivity contribution in [2.45, 2.75) is 72.3 Å². The SMILES string of the molecule is CC(=O)OC1C(=O)C2C(CCC3=CC(=O)CCC32C)C2CCC(C(C)=O)C12C. The van der Waals surface area contributed by atoms with E-state index < -0.39 is 17.5 Å². The van der Waals surface area contributed by atoms with Crippen LogP contribution in [0.25, 0.3) is 0 Å². The van der Waals surface area contributed by atoms with Crippen LogP contribution >= 0.6 is 0 Å². The molecule has 0 bridgehead atoms. The molecule has 0 aromatic carbocycles. The van der Waals surface area contributed by atoms with E-state index in [1.54, 1.807) is 13.0 Å². The second-order valence-electron chi connectivity index (χ2n) is 9.84. The van der Waals surface area contributed by atoms with Crippen LogP contribution in [0.15, 0.2) is 11.6 Å². The van der Waals surface area contributed by atoms with Crippen LogP contribution in [0.1, 0.15) is 66.2 Å². The van der Waals surface area contributed by atoms with Crippen LogP contribution in [0.5, 0.6) is 0 Å². The number of hydrogen-bond donors (Lipinski definition) is 0. The monoisotopic (exact) mass is 386 g/mol. The summed E-state index contributed by atoms with van der Waals surface area (Å²) in [6.07, 6.45) is 5.37. The first-order valence-corrected chi connectivity index (χ1v) is 10.6. The second kappa shape index (κ2) is 6.36. The molecule has 4 aliphatic carbocycles. The van der Waals surface area contributed by atoms with E-state index in [4.69, 9.17) is 4.74 Å². The smallest absolute Gasteiger partial charge is 0.303 e. The molecule has 5 nitrogen and oxygen atoms in total. The third-order valence-electron chi connectivity index (χ3n) is 8.56. The van der Waals surface area contributed by atoms with Gasteiger partial charge in [-0.2, -0.15) is 0 Å². The number of ether oxygens (including phenoxy) is 1. The van der Waals surface area contributed by atoms with Gasteiger partial charge < -0.3 is 4.74 Å². The Morgan fingerprint density at radius 2 is 1.79 bits per heavy atom. The molecule has 0 saturated heterocycles. The molecule has 3 fully saturated rings. The van der Waals surface area contributed by atoms with Gasteiger partial charge in [-0.05, 0) is 62.4 Å². The fourth-order valence-corrected chi connectivity index (χ4v) is 7.35. The van der Waals surface area contributed by atoms with E-state index in [-0.39, 0.29) is 46.4 Å². The highest BCUT2D eigenvalue weighted by Gasteiger charge is 2.68. The molecular weight excluding hydrogens is 356 g/mol. The molecule has 3 saturated carbocycles. The number of rotatable bonds is 2. The van der Waals surface area contributed by atoms with Crippen molar-refractivity contribution < 1.29 is 23.9 Å². The summed E-state index contributed by atoms with van der Waals surface area (Å²) < 4.78 is 5.67. The van der Waals surface area contributed by atoms with Crippen LogP contribution < -0.4 is 0 Å². The summed E-state index contributed by atoms with van der Waals surface area (Å²) in [6.45, 7) is 7.04. The van der Waals surface area contributed by atoms with Gasteiger partial charge in [-0.1, -0.05) is 19.4 Å². The third-order valence-corrected chi connectivity index (χ3v) is 8.56. The summed E-state index contributed by atoms with van der Waals surface area (Å²) in [5.74, 6) is -0.393. The van der Waals surface area contributed by atoms with Gasteiger partial charge in [0.15, 0.2) is 17.7 Å². The van der Waals surface area contributed by atoms with Crippen molar-refractivity contribution in [2.24, 2.45) is 34.5 Å².